The lowest BCUT2D eigenvalue weighted by molar-refractivity contribution is -0.143. The molecule has 6 nitrogen and oxygen atoms in total. The third kappa shape index (κ3) is 53.5. The molecule has 1 amide bonds. The second kappa shape index (κ2) is 56.9. The maximum absolute atomic E-state index is 12.5. The lowest BCUT2D eigenvalue weighted by Crippen LogP contribution is -2.45. The van der Waals surface area contributed by atoms with Crippen LogP contribution in [0.4, 0.5) is 0 Å². The Morgan fingerprint density at radius 3 is 1.06 bits per heavy atom. The van der Waals surface area contributed by atoms with Gasteiger partial charge in [0, 0.05) is 12.8 Å². The standard InChI is InChI=1S/C61H117NO5/c1-3-5-7-9-11-13-15-17-19-21-23-24-26-27-29-31-33-37-41-45-49-53-59(64)58(57-63)62-60(65)54-50-46-42-38-35-36-40-44-48-52-56-67-61(66)55-51-47-43-39-34-32-30-28-25-22-20-18-16-14-12-10-8-6-4-2/h18,20,49,53,58-59,63-64H,3-17,19,21-48,50-52,54-57H2,1-2H3,(H,62,65)/b20-18-,53-49+. The lowest BCUT2D eigenvalue weighted by atomic mass is 10.0. The molecule has 2 unspecified atom stereocenters. The number of aliphatic hydroxyl groups is 2. The zero-order chi connectivity index (χ0) is 48.6. The average molecular weight is 945 g/mol. The van der Waals surface area contributed by atoms with Crippen molar-refractivity contribution < 1.29 is 24.5 Å². The van der Waals surface area contributed by atoms with E-state index in [1.165, 1.54) is 244 Å². The highest BCUT2D eigenvalue weighted by Crippen LogP contribution is 2.17. The van der Waals surface area contributed by atoms with Gasteiger partial charge in [-0.3, -0.25) is 9.59 Å². The van der Waals surface area contributed by atoms with Crippen molar-refractivity contribution in [2.24, 2.45) is 0 Å². The van der Waals surface area contributed by atoms with Gasteiger partial charge in [-0.2, -0.15) is 0 Å². The molecule has 0 aromatic carbocycles. The number of ether oxygens (including phenoxy) is 1. The molecule has 3 N–H and O–H groups in total. The van der Waals surface area contributed by atoms with E-state index >= 15 is 0 Å². The zero-order valence-corrected chi connectivity index (χ0v) is 45.1. The number of aliphatic hydroxyl groups excluding tert-OH is 2. The van der Waals surface area contributed by atoms with Crippen molar-refractivity contribution in [3.05, 3.63) is 24.3 Å². The number of hydrogen-bond donors (Lipinski definition) is 3. The molecule has 0 aliphatic carbocycles. The molecule has 2 atom stereocenters. The van der Waals surface area contributed by atoms with Gasteiger partial charge in [0.25, 0.3) is 0 Å². The molecular formula is C61H117NO5. The van der Waals surface area contributed by atoms with E-state index in [-0.39, 0.29) is 18.5 Å². The van der Waals surface area contributed by atoms with Crippen LogP contribution in [0.25, 0.3) is 0 Å². The monoisotopic (exact) mass is 944 g/mol. The van der Waals surface area contributed by atoms with E-state index in [2.05, 4.69) is 31.3 Å². The van der Waals surface area contributed by atoms with Crippen LogP contribution in [0.5, 0.6) is 0 Å². The van der Waals surface area contributed by atoms with Gasteiger partial charge in [0.2, 0.25) is 5.91 Å². The van der Waals surface area contributed by atoms with E-state index in [0.717, 1.165) is 57.8 Å². The number of unbranched alkanes of at least 4 members (excludes halogenated alkanes) is 43. The normalized spacial score (nSPS) is 12.7. The van der Waals surface area contributed by atoms with Crippen LogP contribution in [0.15, 0.2) is 24.3 Å². The third-order valence-electron chi connectivity index (χ3n) is 14.0. The van der Waals surface area contributed by atoms with Crippen molar-refractivity contribution in [2.45, 2.75) is 341 Å². The van der Waals surface area contributed by atoms with Crippen LogP contribution in [0, 0.1) is 0 Å². The first-order valence-electron chi connectivity index (χ1n) is 30.1. The SMILES string of the molecule is CCCCCCCC/C=C\CCCCCCCCCCCC(=O)OCCCCCCCCCCCCC(=O)NC(CO)C(O)/C=C/CCCCCCCCCCCCCCCCCCCCC. The van der Waals surface area contributed by atoms with Gasteiger partial charge in [0.1, 0.15) is 0 Å². The lowest BCUT2D eigenvalue weighted by Gasteiger charge is -2.20. The highest BCUT2D eigenvalue weighted by molar-refractivity contribution is 5.76. The van der Waals surface area contributed by atoms with E-state index in [1.54, 1.807) is 6.08 Å². The van der Waals surface area contributed by atoms with Gasteiger partial charge in [0.05, 0.1) is 25.4 Å². The topological polar surface area (TPSA) is 95.9 Å². The number of rotatable bonds is 56. The first-order chi connectivity index (χ1) is 33.0. The molecule has 0 aromatic heterocycles. The van der Waals surface area contributed by atoms with Gasteiger partial charge in [-0.1, -0.05) is 282 Å². The van der Waals surface area contributed by atoms with E-state index in [4.69, 9.17) is 4.74 Å². The minimum atomic E-state index is -0.860. The fourth-order valence-electron chi connectivity index (χ4n) is 9.34. The summed E-state index contributed by atoms with van der Waals surface area (Å²) in [7, 11) is 0. The quantitative estimate of drug-likeness (QED) is 0.0321. The van der Waals surface area contributed by atoms with Crippen molar-refractivity contribution in [3.63, 3.8) is 0 Å². The summed E-state index contributed by atoms with van der Waals surface area (Å²) in [5.41, 5.74) is 0. The molecule has 0 fully saturated rings. The number of carbonyl (C=O) groups excluding carboxylic acids is 2. The minimum Gasteiger partial charge on any atom is -0.466 e. The molecular weight excluding hydrogens is 827 g/mol. The molecule has 0 heterocycles. The minimum absolute atomic E-state index is 0.0205. The van der Waals surface area contributed by atoms with Crippen molar-refractivity contribution >= 4 is 11.9 Å². The first-order valence-corrected chi connectivity index (χ1v) is 30.1. The molecule has 396 valence electrons. The van der Waals surface area contributed by atoms with Crippen molar-refractivity contribution in [2.75, 3.05) is 13.2 Å². The largest absolute Gasteiger partial charge is 0.466 e. The Hall–Kier alpha value is -1.66. The van der Waals surface area contributed by atoms with Gasteiger partial charge in [-0.05, 0) is 57.8 Å². The molecule has 0 saturated carbocycles. The Kier molecular flexibility index (Phi) is 55.5. The highest BCUT2D eigenvalue weighted by Gasteiger charge is 2.18. The second-order valence-corrected chi connectivity index (χ2v) is 20.7. The summed E-state index contributed by atoms with van der Waals surface area (Å²) in [6, 6.07) is -0.645. The Bertz CT molecular complexity index is 1040. The zero-order valence-electron chi connectivity index (χ0n) is 45.1. The summed E-state index contributed by atoms with van der Waals surface area (Å²) in [4.78, 5) is 24.6. The first kappa shape index (κ1) is 65.3. The van der Waals surface area contributed by atoms with E-state index in [0.29, 0.717) is 19.4 Å². The van der Waals surface area contributed by atoms with E-state index < -0.39 is 12.1 Å². The average Bonchev–Trinajstić information content (AvgIpc) is 3.33. The van der Waals surface area contributed by atoms with Crippen molar-refractivity contribution in [1.29, 1.82) is 0 Å². The van der Waals surface area contributed by atoms with Crippen LogP contribution in [0.3, 0.4) is 0 Å². The van der Waals surface area contributed by atoms with Crippen LogP contribution < -0.4 is 5.32 Å². The number of amides is 1. The van der Waals surface area contributed by atoms with Gasteiger partial charge >= 0.3 is 5.97 Å². The van der Waals surface area contributed by atoms with Crippen LogP contribution in [0.1, 0.15) is 328 Å². The summed E-state index contributed by atoms with van der Waals surface area (Å²) in [6.07, 6.45) is 69.2. The van der Waals surface area contributed by atoms with Crippen molar-refractivity contribution in [1.82, 2.24) is 5.32 Å². The van der Waals surface area contributed by atoms with E-state index in [9.17, 15) is 19.8 Å². The molecule has 0 rings (SSSR count). The molecule has 0 aliphatic heterocycles. The maximum Gasteiger partial charge on any atom is 0.305 e. The number of nitrogens with one attached hydrogen (secondary N) is 1. The van der Waals surface area contributed by atoms with Crippen LogP contribution in [-0.4, -0.2) is 47.4 Å². The molecule has 0 saturated heterocycles. The molecule has 0 bridgehead atoms. The van der Waals surface area contributed by atoms with Crippen LogP contribution >= 0.6 is 0 Å². The smallest absolute Gasteiger partial charge is 0.305 e. The van der Waals surface area contributed by atoms with Gasteiger partial charge in [0.15, 0.2) is 0 Å². The van der Waals surface area contributed by atoms with Gasteiger partial charge in [-0.15, -0.1) is 0 Å². The molecule has 67 heavy (non-hydrogen) atoms. The van der Waals surface area contributed by atoms with Crippen LogP contribution in [-0.2, 0) is 14.3 Å². The Morgan fingerprint density at radius 2 is 0.701 bits per heavy atom. The molecule has 0 aliphatic rings. The second-order valence-electron chi connectivity index (χ2n) is 20.7. The Morgan fingerprint density at radius 1 is 0.403 bits per heavy atom. The maximum atomic E-state index is 12.5. The summed E-state index contributed by atoms with van der Waals surface area (Å²) in [5, 5.41) is 23.2. The predicted molar refractivity (Wildman–Crippen MR) is 292 cm³/mol. The van der Waals surface area contributed by atoms with E-state index in [1.807, 2.05) is 6.08 Å². The molecule has 0 spiro atoms. The van der Waals surface area contributed by atoms with Gasteiger partial charge in [-0.25, -0.2) is 0 Å². The fourth-order valence-corrected chi connectivity index (χ4v) is 9.34. The Labute approximate surface area is 418 Å². The fraction of sp³-hybridized carbons (Fsp3) is 0.902. The molecule has 0 aromatic rings. The molecule has 0 radical (unpaired) electrons. The number of esters is 1. The number of hydrogen-bond acceptors (Lipinski definition) is 5. The third-order valence-corrected chi connectivity index (χ3v) is 14.0. The van der Waals surface area contributed by atoms with Crippen molar-refractivity contribution in [3.8, 4) is 0 Å². The van der Waals surface area contributed by atoms with Gasteiger partial charge < -0.3 is 20.3 Å². The number of allylic oxidation sites excluding steroid dienone is 3. The summed E-state index contributed by atoms with van der Waals surface area (Å²) in [5.74, 6) is -0.108. The summed E-state index contributed by atoms with van der Waals surface area (Å²) >= 11 is 0. The summed E-state index contributed by atoms with van der Waals surface area (Å²) in [6.45, 7) is 4.87. The number of carbonyl (C=O) groups is 2. The molecule has 6 heteroatoms. The highest BCUT2D eigenvalue weighted by atomic mass is 16.5. The Balaban J connectivity index is 3.48. The predicted octanol–water partition coefficient (Wildman–Crippen LogP) is 18.6. The van der Waals surface area contributed by atoms with Crippen LogP contribution in [0.2, 0.25) is 0 Å². The summed E-state index contributed by atoms with van der Waals surface area (Å²) < 4.78 is 5.48.